The zero-order valence-corrected chi connectivity index (χ0v) is 18.4. The van der Waals surface area contributed by atoms with Gasteiger partial charge >= 0.3 is 0 Å². The third-order valence-corrected chi connectivity index (χ3v) is 3.37. The van der Waals surface area contributed by atoms with Crippen LogP contribution in [-0.4, -0.2) is 17.4 Å². The monoisotopic (exact) mass is 373 g/mol. The van der Waals surface area contributed by atoms with Gasteiger partial charge in [-0.1, -0.05) is 48.5 Å². The van der Waals surface area contributed by atoms with E-state index in [1.54, 1.807) is 20.8 Å². The summed E-state index contributed by atoms with van der Waals surface area (Å²) in [5, 5.41) is 35.1. The Kier molecular flexibility index (Phi) is 10.8. The maximum atomic E-state index is 9.74. The second kappa shape index (κ2) is 10.8. The number of nitriles is 3. The minimum Gasteiger partial charge on any atom is -0.303 e. The van der Waals surface area contributed by atoms with Crippen LogP contribution < -0.4 is 0 Å². The lowest BCUT2D eigenvalue weighted by Gasteiger charge is -2.29. The quantitative estimate of drug-likeness (QED) is 0.444. The van der Waals surface area contributed by atoms with E-state index in [2.05, 4.69) is 63.9 Å². The third-order valence-electron chi connectivity index (χ3n) is 3.37. The largest absolute Gasteiger partial charge is 0.303 e. The Balaban J connectivity index is 0. The molecule has 6 heteroatoms. The average molecular weight is 374 g/mol. The number of nitrogens with zero attached hydrogens (tertiary/aromatic N) is 5. The standard InChI is InChI=1S/C16H28N4.C5H7NO/c1-13(2,3)9-15(7,11-17)19-20-16(8,12-18)10-14(4,5)6;1-5(4-7)2-3-6/h9-10H2,1-8H3;4-5H,2H2,1H3. The first-order chi connectivity index (χ1) is 12.1. The van der Waals surface area contributed by atoms with Crippen molar-refractivity contribution in [2.24, 2.45) is 27.0 Å². The molecule has 0 amide bonds. The van der Waals surface area contributed by atoms with Crippen LogP contribution in [0.2, 0.25) is 0 Å². The van der Waals surface area contributed by atoms with Gasteiger partial charge < -0.3 is 4.79 Å². The van der Waals surface area contributed by atoms with Crippen LogP contribution in [0.1, 0.15) is 81.6 Å². The molecule has 0 radical (unpaired) electrons. The van der Waals surface area contributed by atoms with E-state index in [4.69, 9.17) is 5.26 Å². The molecule has 0 rings (SSSR count). The lowest BCUT2D eigenvalue weighted by Crippen LogP contribution is -2.30. The highest BCUT2D eigenvalue weighted by Crippen LogP contribution is 2.33. The zero-order chi connectivity index (χ0) is 21.9. The molecular weight excluding hydrogens is 338 g/mol. The van der Waals surface area contributed by atoms with Crippen LogP contribution >= 0.6 is 0 Å². The smallest absolute Gasteiger partial charge is 0.165 e. The highest BCUT2D eigenvalue weighted by atomic mass is 16.1. The molecule has 0 spiro atoms. The summed E-state index contributed by atoms with van der Waals surface area (Å²) in [6.07, 6.45) is 2.33. The molecule has 6 nitrogen and oxygen atoms in total. The maximum Gasteiger partial charge on any atom is 0.165 e. The van der Waals surface area contributed by atoms with Crippen LogP contribution in [0.5, 0.6) is 0 Å². The minimum atomic E-state index is -0.881. The van der Waals surface area contributed by atoms with Gasteiger partial charge in [0.2, 0.25) is 0 Å². The highest BCUT2D eigenvalue weighted by Gasteiger charge is 2.34. The summed E-state index contributed by atoms with van der Waals surface area (Å²) in [6.45, 7) is 17.7. The fourth-order valence-corrected chi connectivity index (χ4v) is 2.67. The first kappa shape index (κ1) is 27.0. The molecular formula is C21H35N5O. The summed E-state index contributed by atoms with van der Waals surface area (Å²) < 4.78 is 0. The van der Waals surface area contributed by atoms with Gasteiger partial charge in [-0.15, -0.1) is 0 Å². The summed E-state index contributed by atoms with van der Waals surface area (Å²) in [6, 6.07) is 6.34. The topological polar surface area (TPSA) is 113 Å². The van der Waals surface area contributed by atoms with Crippen molar-refractivity contribution in [3.63, 3.8) is 0 Å². The number of carbonyl (C=O) groups is 1. The number of azo groups is 1. The van der Waals surface area contributed by atoms with Crippen molar-refractivity contribution < 1.29 is 4.79 Å². The Morgan fingerprint density at radius 1 is 0.815 bits per heavy atom. The fourth-order valence-electron chi connectivity index (χ4n) is 2.67. The van der Waals surface area contributed by atoms with Crippen LogP contribution in [0.4, 0.5) is 0 Å². The summed E-state index contributed by atoms with van der Waals surface area (Å²) in [7, 11) is 0. The molecule has 0 heterocycles. The molecule has 0 aromatic rings. The van der Waals surface area contributed by atoms with Gasteiger partial charge in [0, 0.05) is 12.3 Å². The lowest BCUT2D eigenvalue weighted by molar-refractivity contribution is -0.110. The Morgan fingerprint density at radius 3 is 1.30 bits per heavy atom. The van der Waals surface area contributed by atoms with Crippen LogP contribution in [-0.2, 0) is 4.79 Å². The Hall–Kier alpha value is -2.26. The predicted octanol–water partition coefficient (Wildman–Crippen LogP) is 5.61. The van der Waals surface area contributed by atoms with Crippen molar-refractivity contribution in [3.8, 4) is 18.2 Å². The number of hydrogen-bond acceptors (Lipinski definition) is 6. The summed E-state index contributed by atoms with van der Waals surface area (Å²) in [5.41, 5.74) is -1.80. The molecule has 0 N–H and O–H groups in total. The van der Waals surface area contributed by atoms with Gasteiger partial charge in [0.1, 0.15) is 6.29 Å². The molecule has 0 saturated carbocycles. The van der Waals surface area contributed by atoms with Gasteiger partial charge in [-0.3, -0.25) is 0 Å². The van der Waals surface area contributed by atoms with Crippen molar-refractivity contribution in [2.45, 2.75) is 92.7 Å². The number of hydrogen-bond donors (Lipinski definition) is 0. The van der Waals surface area contributed by atoms with E-state index in [-0.39, 0.29) is 16.7 Å². The summed E-state index contributed by atoms with van der Waals surface area (Å²) >= 11 is 0. The van der Waals surface area contributed by atoms with Crippen molar-refractivity contribution in [2.75, 3.05) is 0 Å². The fraction of sp³-hybridized carbons (Fsp3) is 0.810. The van der Waals surface area contributed by atoms with E-state index in [9.17, 15) is 15.3 Å². The van der Waals surface area contributed by atoms with Crippen molar-refractivity contribution in [1.82, 2.24) is 0 Å². The van der Waals surface area contributed by atoms with E-state index in [1.165, 1.54) is 0 Å². The van der Waals surface area contributed by atoms with Gasteiger partial charge in [0.15, 0.2) is 11.1 Å². The van der Waals surface area contributed by atoms with Gasteiger partial charge in [-0.2, -0.15) is 26.0 Å². The zero-order valence-electron chi connectivity index (χ0n) is 18.4. The highest BCUT2D eigenvalue weighted by molar-refractivity contribution is 5.53. The molecule has 0 fully saturated rings. The molecule has 0 aliphatic rings. The number of carbonyl (C=O) groups excluding carboxylic acids is 1. The second-order valence-corrected chi connectivity index (χ2v) is 9.92. The maximum absolute atomic E-state index is 9.74. The van der Waals surface area contributed by atoms with E-state index >= 15 is 0 Å². The van der Waals surface area contributed by atoms with E-state index < -0.39 is 11.1 Å². The second-order valence-electron chi connectivity index (χ2n) is 9.92. The molecule has 150 valence electrons. The van der Waals surface area contributed by atoms with Gasteiger partial charge in [0.05, 0.1) is 18.2 Å². The number of rotatable bonds is 6. The van der Waals surface area contributed by atoms with E-state index in [0.29, 0.717) is 19.3 Å². The van der Waals surface area contributed by atoms with Crippen molar-refractivity contribution >= 4 is 6.29 Å². The Morgan fingerprint density at radius 2 is 1.15 bits per heavy atom. The molecule has 0 aromatic heterocycles. The molecule has 0 bridgehead atoms. The molecule has 0 aliphatic heterocycles. The first-order valence-corrected chi connectivity index (χ1v) is 9.14. The molecule has 0 aromatic carbocycles. The lowest BCUT2D eigenvalue weighted by atomic mass is 9.81. The van der Waals surface area contributed by atoms with E-state index in [1.807, 2.05) is 6.07 Å². The van der Waals surface area contributed by atoms with Gasteiger partial charge in [-0.25, -0.2) is 0 Å². The molecule has 3 unspecified atom stereocenters. The molecule has 0 aliphatic carbocycles. The van der Waals surface area contributed by atoms with Crippen LogP contribution in [0.3, 0.4) is 0 Å². The van der Waals surface area contributed by atoms with Gasteiger partial charge in [-0.05, 0) is 37.5 Å². The molecule has 27 heavy (non-hydrogen) atoms. The Labute approximate surface area is 165 Å². The van der Waals surface area contributed by atoms with Crippen LogP contribution in [0.25, 0.3) is 0 Å². The van der Waals surface area contributed by atoms with E-state index in [0.717, 1.165) is 6.29 Å². The molecule has 0 saturated heterocycles. The summed E-state index contributed by atoms with van der Waals surface area (Å²) in [5.74, 6) is -0.0926. The Bertz CT molecular complexity index is 579. The number of aldehydes is 1. The van der Waals surface area contributed by atoms with Crippen LogP contribution in [0, 0.1) is 50.7 Å². The average Bonchev–Trinajstić information content (AvgIpc) is 2.51. The van der Waals surface area contributed by atoms with Crippen LogP contribution in [0.15, 0.2) is 10.2 Å². The predicted molar refractivity (Wildman–Crippen MR) is 106 cm³/mol. The summed E-state index contributed by atoms with van der Waals surface area (Å²) in [4.78, 5) is 9.74. The minimum absolute atomic E-state index is 0.0173. The normalized spacial score (nSPS) is 17.1. The molecule has 3 atom stereocenters. The van der Waals surface area contributed by atoms with Gasteiger partial charge in [0.25, 0.3) is 0 Å². The SMILES string of the molecule is CC(C)(C)CC(C)(C#N)N=NC(C)(C#N)CC(C)(C)C.CC(C=O)CC#N. The van der Waals surface area contributed by atoms with Crippen molar-refractivity contribution in [1.29, 1.82) is 15.8 Å². The van der Waals surface area contributed by atoms with Crippen molar-refractivity contribution in [3.05, 3.63) is 0 Å². The first-order valence-electron chi connectivity index (χ1n) is 9.14. The third kappa shape index (κ3) is 14.6.